The minimum absolute atomic E-state index is 0.158. The lowest BCUT2D eigenvalue weighted by molar-refractivity contribution is -0.116. The van der Waals surface area contributed by atoms with E-state index in [1.54, 1.807) is 0 Å². The number of aryl methyl sites for hydroxylation is 3. The maximum atomic E-state index is 12.3. The third-order valence-electron chi connectivity index (χ3n) is 3.54. The lowest BCUT2D eigenvalue weighted by Gasteiger charge is -2.19. The predicted molar refractivity (Wildman–Crippen MR) is 77.9 cm³/mol. The van der Waals surface area contributed by atoms with Gasteiger partial charge in [0, 0.05) is 5.69 Å². The highest BCUT2D eigenvalue weighted by molar-refractivity contribution is 6.07. The lowest BCUT2D eigenvalue weighted by Crippen LogP contribution is -2.21. The Labute approximate surface area is 113 Å². The zero-order chi connectivity index (χ0) is 13.6. The van der Waals surface area contributed by atoms with E-state index in [-0.39, 0.29) is 5.91 Å². The Hall–Kier alpha value is -2.09. The molecule has 19 heavy (non-hydrogen) atoms. The summed E-state index contributed by atoms with van der Waals surface area (Å²) in [5.74, 6) is 0.158. The van der Waals surface area contributed by atoms with E-state index in [9.17, 15) is 4.79 Å². The van der Waals surface area contributed by atoms with Gasteiger partial charge in [-0.25, -0.2) is 0 Å². The van der Waals surface area contributed by atoms with Gasteiger partial charge >= 0.3 is 0 Å². The Morgan fingerprint density at radius 3 is 2.26 bits per heavy atom. The van der Waals surface area contributed by atoms with Crippen LogP contribution in [0.4, 0.5) is 11.4 Å². The van der Waals surface area contributed by atoms with Crippen molar-refractivity contribution in [3.05, 3.63) is 58.7 Å². The SMILES string of the molecule is Cc1cc(C)cc(N2C(=O)Cc3ccc(C)cc32)c1. The summed E-state index contributed by atoms with van der Waals surface area (Å²) in [6, 6.07) is 12.5. The van der Waals surface area contributed by atoms with E-state index >= 15 is 0 Å². The average molecular weight is 251 g/mol. The number of nitrogens with zero attached hydrogens (tertiary/aromatic N) is 1. The Morgan fingerprint density at radius 1 is 0.895 bits per heavy atom. The number of fused-ring (bicyclic) bond motifs is 1. The molecule has 0 fully saturated rings. The van der Waals surface area contributed by atoms with Crippen molar-refractivity contribution < 1.29 is 4.79 Å². The molecule has 2 heteroatoms. The largest absolute Gasteiger partial charge is 0.280 e. The number of carbonyl (C=O) groups is 1. The van der Waals surface area contributed by atoms with E-state index in [1.165, 1.54) is 16.7 Å². The first-order valence-electron chi connectivity index (χ1n) is 6.55. The molecule has 0 atom stereocenters. The second-order valence-corrected chi connectivity index (χ2v) is 5.38. The van der Waals surface area contributed by atoms with Crippen LogP contribution in [0.5, 0.6) is 0 Å². The van der Waals surface area contributed by atoms with Crippen molar-refractivity contribution in [1.82, 2.24) is 0 Å². The van der Waals surface area contributed by atoms with Crippen molar-refractivity contribution in [3.63, 3.8) is 0 Å². The number of benzene rings is 2. The minimum atomic E-state index is 0.158. The second kappa shape index (κ2) is 4.23. The molecule has 1 amide bonds. The lowest BCUT2D eigenvalue weighted by atomic mass is 10.1. The molecule has 1 aliphatic heterocycles. The number of hydrogen-bond donors (Lipinski definition) is 0. The molecule has 1 heterocycles. The molecule has 1 aliphatic rings. The van der Waals surface area contributed by atoms with Gasteiger partial charge in [0.25, 0.3) is 0 Å². The topological polar surface area (TPSA) is 20.3 Å². The van der Waals surface area contributed by atoms with Crippen LogP contribution in [-0.4, -0.2) is 5.91 Å². The van der Waals surface area contributed by atoms with Crippen molar-refractivity contribution in [2.75, 3.05) is 4.90 Å². The van der Waals surface area contributed by atoms with E-state index in [1.807, 2.05) is 4.90 Å². The Morgan fingerprint density at radius 2 is 1.58 bits per heavy atom. The highest BCUT2D eigenvalue weighted by atomic mass is 16.2. The van der Waals surface area contributed by atoms with E-state index in [0.29, 0.717) is 6.42 Å². The predicted octanol–water partition coefficient (Wildman–Crippen LogP) is 3.83. The number of rotatable bonds is 1. The van der Waals surface area contributed by atoms with Gasteiger partial charge in [-0.1, -0.05) is 18.2 Å². The van der Waals surface area contributed by atoms with Crippen LogP contribution < -0.4 is 4.90 Å². The summed E-state index contributed by atoms with van der Waals surface area (Å²) < 4.78 is 0. The first-order chi connectivity index (χ1) is 9.04. The quantitative estimate of drug-likeness (QED) is 0.754. The van der Waals surface area contributed by atoms with Gasteiger partial charge in [0.2, 0.25) is 5.91 Å². The molecule has 0 aliphatic carbocycles. The van der Waals surface area contributed by atoms with E-state index in [4.69, 9.17) is 0 Å². The van der Waals surface area contributed by atoms with Crippen molar-refractivity contribution in [2.45, 2.75) is 27.2 Å². The van der Waals surface area contributed by atoms with Gasteiger partial charge in [-0.3, -0.25) is 9.69 Å². The van der Waals surface area contributed by atoms with E-state index in [0.717, 1.165) is 16.9 Å². The highest BCUT2D eigenvalue weighted by Crippen LogP contribution is 2.36. The Balaban J connectivity index is 2.16. The third-order valence-corrected chi connectivity index (χ3v) is 3.54. The summed E-state index contributed by atoms with van der Waals surface area (Å²) >= 11 is 0. The number of anilines is 2. The molecule has 2 aromatic rings. The summed E-state index contributed by atoms with van der Waals surface area (Å²) in [6.07, 6.45) is 0.503. The van der Waals surface area contributed by atoms with Gasteiger partial charge < -0.3 is 0 Å². The molecule has 3 rings (SSSR count). The molecule has 0 unspecified atom stereocenters. The molecule has 2 nitrogen and oxygen atoms in total. The van der Waals surface area contributed by atoms with Gasteiger partial charge in [0.15, 0.2) is 0 Å². The van der Waals surface area contributed by atoms with Crippen LogP contribution in [0.15, 0.2) is 36.4 Å². The van der Waals surface area contributed by atoms with Crippen LogP contribution in [0.2, 0.25) is 0 Å². The van der Waals surface area contributed by atoms with Gasteiger partial charge in [0.05, 0.1) is 12.1 Å². The van der Waals surface area contributed by atoms with E-state index < -0.39 is 0 Å². The van der Waals surface area contributed by atoms with Crippen molar-refractivity contribution in [1.29, 1.82) is 0 Å². The Bertz CT molecular complexity index is 653. The van der Waals surface area contributed by atoms with Gasteiger partial charge in [0.1, 0.15) is 0 Å². The summed E-state index contributed by atoms with van der Waals surface area (Å²) in [7, 11) is 0. The summed E-state index contributed by atoms with van der Waals surface area (Å²) in [4.78, 5) is 14.1. The van der Waals surface area contributed by atoms with Crippen LogP contribution in [0.3, 0.4) is 0 Å². The number of carbonyl (C=O) groups excluding carboxylic acids is 1. The normalized spacial score (nSPS) is 13.8. The fourth-order valence-electron chi connectivity index (χ4n) is 2.77. The minimum Gasteiger partial charge on any atom is -0.280 e. The molecule has 0 saturated heterocycles. The molecule has 0 radical (unpaired) electrons. The molecule has 0 bridgehead atoms. The average Bonchev–Trinajstić information content (AvgIpc) is 2.63. The summed E-state index contributed by atoms with van der Waals surface area (Å²) in [6.45, 7) is 6.19. The van der Waals surface area contributed by atoms with Crippen molar-refractivity contribution in [2.24, 2.45) is 0 Å². The maximum absolute atomic E-state index is 12.3. The molecular formula is C17H17NO. The zero-order valence-electron chi connectivity index (χ0n) is 11.5. The van der Waals surface area contributed by atoms with Crippen molar-refractivity contribution >= 4 is 17.3 Å². The van der Waals surface area contributed by atoms with E-state index in [2.05, 4.69) is 57.2 Å². The molecular weight excluding hydrogens is 234 g/mol. The molecule has 0 saturated carbocycles. The van der Waals surface area contributed by atoms with Crippen LogP contribution in [0, 0.1) is 20.8 Å². The summed E-state index contributed by atoms with van der Waals surface area (Å²) in [5, 5.41) is 0. The molecule has 0 N–H and O–H groups in total. The smallest absolute Gasteiger partial charge is 0.236 e. The van der Waals surface area contributed by atoms with Crippen LogP contribution in [0.25, 0.3) is 0 Å². The zero-order valence-corrected chi connectivity index (χ0v) is 11.5. The number of amides is 1. The first kappa shape index (κ1) is 12.0. The molecule has 96 valence electrons. The third kappa shape index (κ3) is 2.03. The van der Waals surface area contributed by atoms with Crippen LogP contribution >= 0.6 is 0 Å². The van der Waals surface area contributed by atoms with Crippen molar-refractivity contribution in [3.8, 4) is 0 Å². The van der Waals surface area contributed by atoms with Gasteiger partial charge in [-0.15, -0.1) is 0 Å². The fourth-order valence-corrected chi connectivity index (χ4v) is 2.77. The molecule has 0 spiro atoms. The van der Waals surface area contributed by atoms with Gasteiger partial charge in [-0.05, 0) is 61.2 Å². The molecule has 2 aromatic carbocycles. The second-order valence-electron chi connectivity index (χ2n) is 5.38. The Kier molecular flexibility index (Phi) is 2.67. The highest BCUT2D eigenvalue weighted by Gasteiger charge is 2.28. The fraction of sp³-hybridized carbons (Fsp3) is 0.235. The first-order valence-corrected chi connectivity index (χ1v) is 6.55. The van der Waals surface area contributed by atoms with Crippen LogP contribution in [-0.2, 0) is 11.2 Å². The van der Waals surface area contributed by atoms with Gasteiger partial charge in [-0.2, -0.15) is 0 Å². The maximum Gasteiger partial charge on any atom is 0.236 e. The monoisotopic (exact) mass is 251 g/mol. The molecule has 0 aromatic heterocycles. The number of hydrogen-bond acceptors (Lipinski definition) is 1. The summed E-state index contributed by atoms with van der Waals surface area (Å²) in [5.41, 5.74) is 6.69. The van der Waals surface area contributed by atoms with Crippen LogP contribution in [0.1, 0.15) is 22.3 Å². The standard InChI is InChI=1S/C17H17NO/c1-11-4-5-14-10-17(19)18(16(14)9-11)15-7-12(2)6-13(3)8-15/h4-9H,10H2,1-3H3.